The lowest BCUT2D eigenvalue weighted by molar-refractivity contribution is 0.0950. The Morgan fingerprint density at radius 1 is 1.41 bits per heavy atom. The van der Waals surface area contributed by atoms with Crippen molar-refractivity contribution in [2.45, 2.75) is 6.92 Å². The maximum Gasteiger partial charge on any atom is 0.271 e. The van der Waals surface area contributed by atoms with Gasteiger partial charge in [0.1, 0.15) is 5.82 Å². The van der Waals surface area contributed by atoms with Crippen molar-refractivity contribution in [1.82, 2.24) is 15.5 Å². The second kappa shape index (κ2) is 6.95. The highest BCUT2D eigenvalue weighted by Gasteiger charge is 2.06. The number of amides is 1. The molecule has 94 valence electrons. The van der Waals surface area contributed by atoms with Gasteiger partial charge in [0.25, 0.3) is 5.91 Å². The van der Waals surface area contributed by atoms with Crippen LogP contribution in [0.15, 0.2) is 12.1 Å². The molecule has 2 N–H and O–H groups in total. The predicted molar refractivity (Wildman–Crippen MR) is 67.5 cm³/mol. The van der Waals surface area contributed by atoms with Gasteiger partial charge in [-0.05, 0) is 19.1 Å². The van der Waals surface area contributed by atoms with Gasteiger partial charge in [0.15, 0.2) is 5.69 Å². The minimum atomic E-state index is -0.828. The van der Waals surface area contributed by atoms with Crippen molar-refractivity contribution in [3.63, 3.8) is 0 Å². The van der Waals surface area contributed by atoms with Crippen LogP contribution in [0.1, 0.15) is 17.4 Å². The third-order valence-electron chi connectivity index (χ3n) is 1.93. The van der Waals surface area contributed by atoms with Crippen molar-refractivity contribution in [3.05, 3.63) is 17.8 Å². The van der Waals surface area contributed by atoms with Gasteiger partial charge in [-0.2, -0.15) is 0 Å². The van der Waals surface area contributed by atoms with Crippen molar-refractivity contribution in [3.8, 4) is 0 Å². The van der Waals surface area contributed by atoms with Crippen LogP contribution in [0.2, 0.25) is 0 Å². The van der Waals surface area contributed by atoms with Crippen LogP contribution >= 0.6 is 0 Å². The topological polar surface area (TPSA) is 84.0 Å². The van der Waals surface area contributed by atoms with Crippen LogP contribution in [-0.2, 0) is 10.8 Å². The van der Waals surface area contributed by atoms with Crippen LogP contribution < -0.4 is 10.6 Å². The molecule has 0 aliphatic rings. The summed E-state index contributed by atoms with van der Waals surface area (Å²) in [5.74, 6) is 0.893. The molecule has 17 heavy (non-hydrogen) atoms. The molecule has 1 unspecified atom stereocenters. The average molecular weight is 256 g/mol. The monoisotopic (exact) mass is 256 g/mol. The standard InChI is InChI=1S/C10H16N4O2S/c1-3-11-10(15)8-4-5-9(14-13-8)12-6-7-17(2)16/h4-5H,3,6-7H2,1-2H3,(H,11,15)(H,12,14). The highest BCUT2D eigenvalue weighted by molar-refractivity contribution is 7.84. The second-order valence-corrected chi connectivity index (χ2v) is 4.92. The summed E-state index contributed by atoms with van der Waals surface area (Å²) in [6.07, 6.45) is 1.64. The summed E-state index contributed by atoms with van der Waals surface area (Å²) in [5.41, 5.74) is 0.288. The molecule has 1 atom stereocenters. The summed E-state index contributed by atoms with van der Waals surface area (Å²) >= 11 is 0. The van der Waals surface area contributed by atoms with Gasteiger partial charge in [0, 0.05) is 35.9 Å². The number of carbonyl (C=O) groups excluding carboxylic acids is 1. The molecule has 1 rings (SSSR count). The summed E-state index contributed by atoms with van der Waals surface area (Å²) < 4.78 is 10.8. The highest BCUT2D eigenvalue weighted by Crippen LogP contribution is 2.01. The zero-order valence-electron chi connectivity index (χ0n) is 9.90. The molecule has 0 radical (unpaired) electrons. The molecule has 1 aromatic rings. The fourth-order valence-corrected chi connectivity index (χ4v) is 1.51. The van der Waals surface area contributed by atoms with Gasteiger partial charge < -0.3 is 10.6 Å². The summed E-state index contributed by atoms with van der Waals surface area (Å²) in [4.78, 5) is 11.4. The third kappa shape index (κ3) is 4.90. The molecule has 0 bridgehead atoms. The average Bonchev–Trinajstić information content (AvgIpc) is 2.30. The minimum absolute atomic E-state index is 0.235. The zero-order chi connectivity index (χ0) is 12.7. The lowest BCUT2D eigenvalue weighted by Gasteiger charge is -2.04. The Labute approximate surface area is 103 Å². The quantitative estimate of drug-likeness (QED) is 0.749. The number of aromatic nitrogens is 2. The summed E-state index contributed by atoms with van der Waals surface area (Å²) in [5, 5.41) is 13.3. The normalized spacial score (nSPS) is 11.9. The number of nitrogens with zero attached hydrogens (tertiary/aromatic N) is 2. The van der Waals surface area contributed by atoms with Gasteiger partial charge in [-0.3, -0.25) is 9.00 Å². The van der Waals surface area contributed by atoms with E-state index in [2.05, 4.69) is 20.8 Å². The van der Waals surface area contributed by atoms with E-state index in [1.54, 1.807) is 18.4 Å². The fraction of sp³-hybridized carbons (Fsp3) is 0.500. The maximum atomic E-state index is 11.4. The molecule has 0 saturated heterocycles. The molecule has 1 amide bonds. The molecular weight excluding hydrogens is 240 g/mol. The first-order valence-electron chi connectivity index (χ1n) is 5.29. The number of rotatable bonds is 6. The summed E-state index contributed by atoms with van der Waals surface area (Å²) in [6, 6.07) is 3.28. The molecule has 0 aliphatic heterocycles. The van der Waals surface area contributed by atoms with E-state index in [1.165, 1.54) is 0 Å². The molecule has 1 heterocycles. The first-order valence-corrected chi connectivity index (χ1v) is 7.02. The van der Waals surface area contributed by atoms with Crippen molar-refractivity contribution in [2.24, 2.45) is 0 Å². The number of carbonyl (C=O) groups is 1. The van der Waals surface area contributed by atoms with E-state index in [1.807, 2.05) is 6.92 Å². The molecule has 1 aromatic heterocycles. The molecule has 6 nitrogen and oxygen atoms in total. The fourth-order valence-electron chi connectivity index (χ4n) is 1.12. The summed E-state index contributed by atoms with van der Waals surface area (Å²) in [7, 11) is -0.828. The lowest BCUT2D eigenvalue weighted by Crippen LogP contribution is -2.24. The van der Waals surface area contributed by atoms with E-state index in [0.29, 0.717) is 24.7 Å². The van der Waals surface area contributed by atoms with E-state index in [9.17, 15) is 9.00 Å². The molecule has 0 aliphatic carbocycles. The molecular formula is C10H16N4O2S. The lowest BCUT2D eigenvalue weighted by atomic mass is 10.3. The molecule has 0 fully saturated rings. The van der Waals surface area contributed by atoms with Crippen LogP contribution in [-0.4, -0.2) is 45.4 Å². The number of anilines is 1. The largest absolute Gasteiger partial charge is 0.368 e. The molecule has 0 saturated carbocycles. The Kier molecular flexibility index (Phi) is 5.55. The Morgan fingerprint density at radius 2 is 2.18 bits per heavy atom. The smallest absolute Gasteiger partial charge is 0.271 e. The maximum absolute atomic E-state index is 11.4. The van der Waals surface area contributed by atoms with E-state index in [0.717, 1.165) is 0 Å². The Balaban J connectivity index is 2.50. The highest BCUT2D eigenvalue weighted by atomic mass is 32.2. The van der Waals surface area contributed by atoms with Crippen LogP contribution in [0.25, 0.3) is 0 Å². The Morgan fingerprint density at radius 3 is 2.71 bits per heavy atom. The number of nitrogens with one attached hydrogen (secondary N) is 2. The van der Waals surface area contributed by atoms with Gasteiger partial charge >= 0.3 is 0 Å². The van der Waals surface area contributed by atoms with Crippen LogP contribution in [0.5, 0.6) is 0 Å². The van der Waals surface area contributed by atoms with E-state index in [4.69, 9.17) is 0 Å². The van der Waals surface area contributed by atoms with Gasteiger partial charge in [-0.25, -0.2) is 0 Å². The number of hydrogen-bond acceptors (Lipinski definition) is 5. The van der Waals surface area contributed by atoms with Crippen LogP contribution in [0.3, 0.4) is 0 Å². The van der Waals surface area contributed by atoms with Gasteiger partial charge in [0.05, 0.1) is 0 Å². The predicted octanol–water partition coefficient (Wildman–Crippen LogP) is 0.0167. The Bertz CT molecular complexity index is 394. The second-order valence-electron chi connectivity index (χ2n) is 3.37. The molecule has 7 heteroatoms. The van der Waals surface area contributed by atoms with Gasteiger partial charge in [-0.15, -0.1) is 10.2 Å². The molecule has 0 spiro atoms. The van der Waals surface area contributed by atoms with E-state index in [-0.39, 0.29) is 11.6 Å². The Hall–Kier alpha value is -1.50. The van der Waals surface area contributed by atoms with Crippen molar-refractivity contribution < 1.29 is 9.00 Å². The van der Waals surface area contributed by atoms with E-state index < -0.39 is 10.8 Å². The van der Waals surface area contributed by atoms with Crippen molar-refractivity contribution in [1.29, 1.82) is 0 Å². The van der Waals surface area contributed by atoms with E-state index >= 15 is 0 Å². The summed E-state index contributed by atoms with van der Waals surface area (Å²) in [6.45, 7) is 2.97. The number of hydrogen-bond donors (Lipinski definition) is 2. The first-order chi connectivity index (χ1) is 8.13. The minimum Gasteiger partial charge on any atom is -0.368 e. The van der Waals surface area contributed by atoms with Crippen molar-refractivity contribution in [2.75, 3.05) is 30.4 Å². The van der Waals surface area contributed by atoms with Crippen LogP contribution in [0.4, 0.5) is 5.82 Å². The van der Waals surface area contributed by atoms with Crippen LogP contribution in [0, 0.1) is 0 Å². The SMILES string of the molecule is CCNC(=O)c1ccc(NCCS(C)=O)nn1. The van der Waals surface area contributed by atoms with Crippen molar-refractivity contribution >= 4 is 22.5 Å². The third-order valence-corrected chi connectivity index (χ3v) is 2.71. The first kappa shape index (κ1) is 13.6. The van der Waals surface area contributed by atoms with Gasteiger partial charge in [0.2, 0.25) is 0 Å². The molecule has 0 aromatic carbocycles. The van der Waals surface area contributed by atoms with Gasteiger partial charge in [-0.1, -0.05) is 0 Å². The zero-order valence-corrected chi connectivity index (χ0v) is 10.7.